The minimum atomic E-state index is -0.437. The van der Waals surface area contributed by atoms with Crippen molar-refractivity contribution in [2.45, 2.75) is 12.3 Å². The zero-order valence-corrected chi connectivity index (χ0v) is 21.3. The van der Waals surface area contributed by atoms with Crippen LogP contribution in [0.5, 0.6) is 0 Å². The van der Waals surface area contributed by atoms with Crippen molar-refractivity contribution in [3.05, 3.63) is 144 Å². The summed E-state index contributed by atoms with van der Waals surface area (Å²) in [5.74, 6) is -0.400. The molecule has 39 heavy (non-hydrogen) atoms. The Labute approximate surface area is 226 Å². The number of amides is 2. The summed E-state index contributed by atoms with van der Waals surface area (Å²) < 4.78 is 5.18. The van der Waals surface area contributed by atoms with E-state index in [0.717, 1.165) is 22.3 Å². The predicted octanol–water partition coefficient (Wildman–Crippen LogP) is 5.27. The molecule has 4 aromatic carbocycles. The summed E-state index contributed by atoms with van der Waals surface area (Å²) in [4.78, 5) is 29.5. The van der Waals surface area contributed by atoms with Gasteiger partial charge in [-0.3, -0.25) is 9.59 Å². The molecule has 5 aromatic rings. The van der Waals surface area contributed by atoms with Gasteiger partial charge in [0.15, 0.2) is 5.82 Å². The van der Waals surface area contributed by atoms with Gasteiger partial charge in [0, 0.05) is 31.0 Å². The number of carbonyl (C=O) groups excluding carboxylic acids is 2. The lowest BCUT2D eigenvalue weighted by atomic mass is 9.91. The molecule has 1 heterocycles. The highest BCUT2D eigenvalue weighted by molar-refractivity contribution is 5.94. The molecule has 0 saturated carbocycles. The maximum absolute atomic E-state index is 12.7. The Bertz CT molecular complexity index is 1460. The number of hydrogen-bond acceptors (Lipinski definition) is 5. The first-order valence-corrected chi connectivity index (χ1v) is 12.8. The molecule has 0 saturated heterocycles. The summed E-state index contributed by atoms with van der Waals surface area (Å²) in [7, 11) is 0. The number of benzene rings is 4. The molecular weight excluding hydrogens is 488 g/mol. The van der Waals surface area contributed by atoms with E-state index in [1.54, 1.807) is 12.1 Å². The molecule has 0 aliphatic heterocycles. The first-order chi connectivity index (χ1) is 19.2. The quantitative estimate of drug-likeness (QED) is 0.264. The molecule has 7 nitrogen and oxygen atoms in total. The molecule has 194 valence electrons. The third kappa shape index (κ3) is 6.64. The summed E-state index contributed by atoms with van der Waals surface area (Å²) in [6.07, 6.45) is 0.335. The molecule has 2 N–H and O–H groups in total. The monoisotopic (exact) mass is 516 g/mol. The van der Waals surface area contributed by atoms with E-state index in [4.69, 9.17) is 4.52 Å². The first kappa shape index (κ1) is 25.6. The fraction of sp³-hybridized carbons (Fsp3) is 0.125. The first-order valence-electron chi connectivity index (χ1n) is 12.8. The summed E-state index contributed by atoms with van der Waals surface area (Å²) in [6, 6.07) is 37.5. The van der Waals surface area contributed by atoms with Crippen LogP contribution in [0.1, 0.15) is 43.9 Å². The molecule has 0 radical (unpaired) electrons. The second-order valence-electron chi connectivity index (χ2n) is 9.05. The van der Waals surface area contributed by atoms with Gasteiger partial charge in [-0.25, -0.2) is 0 Å². The Balaban J connectivity index is 1.13. The highest BCUT2D eigenvalue weighted by Crippen LogP contribution is 2.24. The van der Waals surface area contributed by atoms with Gasteiger partial charge in [-0.15, -0.1) is 0 Å². The van der Waals surface area contributed by atoms with Crippen molar-refractivity contribution in [3.63, 3.8) is 0 Å². The molecule has 5 rings (SSSR count). The average molecular weight is 517 g/mol. The fourth-order valence-corrected chi connectivity index (χ4v) is 4.35. The van der Waals surface area contributed by atoms with E-state index < -0.39 is 5.91 Å². The van der Waals surface area contributed by atoms with Crippen LogP contribution in [0.25, 0.3) is 11.1 Å². The van der Waals surface area contributed by atoms with Crippen LogP contribution in [-0.4, -0.2) is 35.0 Å². The van der Waals surface area contributed by atoms with Crippen molar-refractivity contribution >= 4 is 11.8 Å². The number of aromatic nitrogens is 2. The molecule has 2 amide bonds. The number of rotatable bonds is 10. The van der Waals surface area contributed by atoms with Gasteiger partial charge in [-0.2, -0.15) is 4.98 Å². The normalized spacial score (nSPS) is 10.8. The van der Waals surface area contributed by atoms with E-state index >= 15 is 0 Å². The molecular formula is C32H28N4O3. The number of hydrogen-bond donors (Lipinski definition) is 2. The SMILES string of the molecule is O=C(NCCc1noc(C(=O)NCC(c2ccccc2)c2ccccc2)n1)c1ccc(-c2ccccc2)cc1. The lowest BCUT2D eigenvalue weighted by Crippen LogP contribution is -2.29. The van der Waals surface area contributed by atoms with Crippen LogP contribution in [-0.2, 0) is 6.42 Å². The Kier molecular flexibility index (Phi) is 8.19. The predicted molar refractivity (Wildman–Crippen MR) is 149 cm³/mol. The van der Waals surface area contributed by atoms with Gasteiger partial charge in [0.05, 0.1) is 0 Å². The van der Waals surface area contributed by atoms with Gasteiger partial charge in [0.1, 0.15) is 0 Å². The van der Waals surface area contributed by atoms with Crippen molar-refractivity contribution < 1.29 is 14.1 Å². The van der Waals surface area contributed by atoms with Crippen LogP contribution in [0.4, 0.5) is 0 Å². The summed E-state index contributed by atoms with van der Waals surface area (Å²) in [5.41, 5.74) is 4.90. The Morgan fingerprint density at radius 2 is 1.23 bits per heavy atom. The minimum absolute atomic E-state index is 0.0179. The van der Waals surface area contributed by atoms with Gasteiger partial charge in [-0.1, -0.05) is 108 Å². The van der Waals surface area contributed by atoms with Gasteiger partial charge in [0.2, 0.25) is 0 Å². The summed E-state index contributed by atoms with van der Waals surface area (Å²) >= 11 is 0. The van der Waals surface area contributed by atoms with E-state index in [9.17, 15) is 9.59 Å². The van der Waals surface area contributed by atoms with Crippen molar-refractivity contribution in [1.82, 2.24) is 20.8 Å². The molecule has 0 fully saturated rings. The zero-order valence-electron chi connectivity index (χ0n) is 21.3. The van der Waals surface area contributed by atoms with E-state index in [0.29, 0.717) is 30.9 Å². The van der Waals surface area contributed by atoms with Crippen LogP contribution >= 0.6 is 0 Å². The number of nitrogens with one attached hydrogen (secondary N) is 2. The summed E-state index contributed by atoms with van der Waals surface area (Å²) in [6.45, 7) is 0.688. The second-order valence-corrected chi connectivity index (χ2v) is 9.05. The largest absolute Gasteiger partial charge is 0.352 e. The molecule has 0 bridgehead atoms. The van der Waals surface area contributed by atoms with E-state index in [2.05, 4.69) is 20.8 Å². The smallest absolute Gasteiger partial charge is 0.315 e. The van der Waals surface area contributed by atoms with Gasteiger partial charge < -0.3 is 15.2 Å². The Morgan fingerprint density at radius 1 is 0.667 bits per heavy atom. The van der Waals surface area contributed by atoms with Crippen molar-refractivity contribution in [3.8, 4) is 11.1 Å². The van der Waals surface area contributed by atoms with Crippen LogP contribution < -0.4 is 10.6 Å². The molecule has 0 spiro atoms. The van der Waals surface area contributed by atoms with Gasteiger partial charge in [0.25, 0.3) is 5.91 Å². The van der Waals surface area contributed by atoms with Crippen molar-refractivity contribution in [1.29, 1.82) is 0 Å². The highest BCUT2D eigenvalue weighted by Gasteiger charge is 2.19. The number of nitrogens with zero attached hydrogens (tertiary/aromatic N) is 2. The lowest BCUT2D eigenvalue weighted by Gasteiger charge is -2.18. The molecule has 0 aliphatic carbocycles. The molecule has 7 heteroatoms. The third-order valence-electron chi connectivity index (χ3n) is 6.42. The average Bonchev–Trinajstić information content (AvgIpc) is 3.48. The Morgan fingerprint density at radius 3 is 1.85 bits per heavy atom. The molecule has 1 aromatic heterocycles. The van der Waals surface area contributed by atoms with Crippen LogP contribution in [0.3, 0.4) is 0 Å². The fourth-order valence-electron chi connectivity index (χ4n) is 4.35. The second kappa shape index (κ2) is 12.5. The zero-order chi connectivity index (χ0) is 26.9. The van der Waals surface area contributed by atoms with Crippen LogP contribution in [0, 0.1) is 0 Å². The van der Waals surface area contributed by atoms with Crippen LogP contribution in [0.15, 0.2) is 120 Å². The minimum Gasteiger partial charge on any atom is -0.352 e. The van der Waals surface area contributed by atoms with E-state index in [-0.39, 0.29) is 17.7 Å². The Hall–Kier alpha value is -5.04. The van der Waals surface area contributed by atoms with Crippen LogP contribution in [0.2, 0.25) is 0 Å². The standard InChI is InChI=1S/C32H28N4O3/c37-30(27-18-16-24(17-19-27)23-10-4-1-5-11-23)33-21-20-29-35-32(39-36-29)31(38)34-22-28(25-12-6-2-7-13-25)26-14-8-3-9-15-26/h1-19,28H,20-22H2,(H,33,37)(H,34,38). The maximum atomic E-state index is 12.7. The molecule has 0 aliphatic rings. The number of carbonyl (C=O) groups is 2. The van der Waals surface area contributed by atoms with E-state index in [1.165, 1.54) is 0 Å². The maximum Gasteiger partial charge on any atom is 0.315 e. The van der Waals surface area contributed by atoms with Crippen molar-refractivity contribution in [2.75, 3.05) is 13.1 Å². The van der Waals surface area contributed by atoms with Gasteiger partial charge >= 0.3 is 11.8 Å². The highest BCUT2D eigenvalue weighted by atomic mass is 16.5. The lowest BCUT2D eigenvalue weighted by molar-refractivity contribution is 0.0907. The topological polar surface area (TPSA) is 97.1 Å². The molecule has 0 atom stereocenters. The summed E-state index contributed by atoms with van der Waals surface area (Å²) in [5, 5.41) is 9.67. The van der Waals surface area contributed by atoms with E-state index in [1.807, 2.05) is 103 Å². The molecule has 0 unspecified atom stereocenters. The third-order valence-corrected chi connectivity index (χ3v) is 6.42. The van der Waals surface area contributed by atoms with Crippen molar-refractivity contribution in [2.24, 2.45) is 0 Å². The van der Waals surface area contributed by atoms with Gasteiger partial charge in [-0.05, 0) is 34.4 Å².